The SMILES string of the molecule is CC(C)C1CCC(O)(CCCC(C)(C)C)CC1. The van der Waals surface area contributed by atoms with Crippen LogP contribution in [0.4, 0.5) is 0 Å². The molecule has 1 aliphatic carbocycles. The average molecular weight is 240 g/mol. The summed E-state index contributed by atoms with van der Waals surface area (Å²) in [6, 6.07) is 0. The van der Waals surface area contributed by atoms with Crippen LogP contribution in [-0.2, 0) is 0 Å². The maximum absolute atomic E-state index is 10.6. The molecule has 0 heterocycles. The van der Waals surface area contributed by atoms with E-state index in [-0.39, 0.29) is 5.60 Å². The Morgan fingerprint density at radius 2 is 1.71 bits per heavy atom. The summed E-state index contributed by atoms with van der Waals surface area (Å²) >= 11 is 0. The minimum atomic E-state index is -0.337. The lowest BCUT2D eigenvalue weighted by molar-refractivity contribution is -0.0251. The van der Waals surface area contributed by atoms with E-state index in [0.717, 1.165) is 31.1 Å². The van der Waals surface area contributed by atoms with Crippen LogP contribution in [0, 0.1) is 17.3 Å². The van der Waals surface area contributed by atoms with Gasteiger partial charge in [-0.2, -0.15) is 0 Å². The highest BCUT2D eigenvalue weighted by Gasteiger charge is 2.33. The summed E-state index contributed by atoms with van der Waals surface area (Å²) in [5, 5.41) is 10.6. The summed E-state index contributed by atoms with van der Waals surface area (Å²) in [6.07, 6.45) is 7.91. The van der Waals surface area contributed by atoms with Gasteiger partial charge in [0.05, 0.1) is 5.60 Å². The van der Waals surface area contributed by atoms with Gasteiger partial charge in [0.1, 0.15) is 0 Å². The van der Waals surface area contributed by atoms with E-state index in [1.165, 1.54) is 25.7 Å². The van der Waals surface area contributed by atoms with Gasteiger partial charge >= 0.3 is 0 Å². The molecule has 0 aromatic heterocycles. The lowest BCUT2D eigenvalue weighted by Crippen LogP contribution is -2.35. The van der Waals surface area contributed by atoms with Gasteiger partial charge in [-0.1, -0.05) is 41.0 Å². The molecule has 0 spiro atoms. The molecule has 1 N–H and O–H groups in total. The van der Waals surface area contributed by atoms with Crippen LogP contribution in [0.3, 0.4) is 0 Å². The molecule has 0 radical (unpaired) electrons. The molecular formula is C16H32O. The molecule has 1 saturated carbocycles. The first kappa shape index (κ1) is 15.0. The zero-order valence-electron chi connectivity index (χ0n) is 12.6. The first-order valence-corrected chi connectivity index (χ1v) is 7.44. The van der Waals surface area contributed by atoms with Crippen LogP contribution in [-0.4, -0.2) is 10.7 Å². The van der Waals surface area contributed by atoms with Gasteiger partial charge < -0.3 is 5.11 Å². The lowest BCUT2D eigenvalue weighted by atomic mass is 9.72. The molecule has 17 heavy (non-hydrogen) atoms. The normalized spacial score (nSPS) is 30.9. The van der Waals surface area contributed by atoms with Crippen molar-refractivity contribution < 1.29 is 5.11 Å². The summed E-state index contributed by atoms with van der Waals surface area (Å²) in [5.41, 5.74) is 0.0716. The highest BCUT2D eigenvalue weighted by atomic mass is 16.3. The monoisotopic (exact) mass is 240 g/mol. The van der Waals surface area contributed by atoms with Crippen molar-refractivity contribution in [1.82, 2.24) is 0 Å². The van der Waals surface area contributed by atoms with Crippen molar-refractivity contribution in [3.63, 3.8) is 0 Å². The van der Waals surface area contributed by atoms with Crippen LogP contribution in [0.5, 0.6) is 0 Å². The van der Waals surface area contributed by atoms with E-state index in [1.54, 1.807) is 0 Å². The predicted octanol–water partition coefficient (Wildman–Crippen LogP) is 4.78. The highest BCUT2D eigenvalue weighted by molar-refractivity contribution is 4.86. The third-order valence-corrected chi connectivity index (χ3v) is 4.47. The summed E-state index contributed by atoms with van der Waals surface area (Å²) < 4.78 is 0. The van der Waals surface area contributed by atoms with E-state index in [1.807, 2.05) is 0 Å². The molecule has 0 aliphatic heterocycles. The second-order valence-corrected chi connectivity index (χ2v) is 7.72. The molecule has 1 nitrogen and oxygen atoms in total. The Kier molecular flexibility index (Phi) is 5.07. The minimum Gasteiger partial charge on any atom is -0.390 e. The number of hydrogen-bond donors (Lipinski definition) is 1. The van der Waals surface area contributed by atoms with Gasteiger partial charge in [-0.05, 0) is 55.8 Å². The maximum Gasteiger partial charge on any atom is 0.0648 e. The molecule has 1 rings (SSSR count). The third kappa shape index (κ3) is 5.42. The van der Waals surface area contributed by atoms with E-state index >= 15 is 0 Å². The first-order valence-electron chi connectivity index (χ1n) is 7.44. The zero-order valence-corrected chi connectivity index (χ0v) is 12.6. The van der Waals surface area contributed by atoms with Crippen molar-refractivity contribution in [2.75, 3.05) is 0 Å². The van der Waals surface area contributed by atoms with Gasteiger partial charge in [-0.3, -0.25) is 0 Å². The number of hydrogen-bond acceptors (Lipinski definition) is 1. The summed E-state index contributed by atoms with van der Waals surface area (Å²) in [4.78, 5) is 0. The second-order valence-electron chi connectivity index (χ2n) is 7.72. The molecule has 0 aromatic rings. The Bertz CT molecular complexity index is 216. The van der Waals surface area contributed by atoms with Gasteiger partial charge in [0, 0.05) is 0 Å². The van der Waals surface area contributed by atoms with Crippen LogP contribution in [0.2, 0.25) is 0 Å². The molecule has 102 valence electrons. The largest absolute Gasteiger partial charge is 0.390 e. The molecule has 1 aliphatic rings. The number of rotatable bonds is 4. The van der Waals surface area contributed by atoms with E-state index in [0.29, 0.717) is 5.41 Å². The van der Waals surface area contributed by atoms with E-state index < -0.39 is 0 Å². The van der Waals surface area contributed by atoms with Crippen molar-refractivity contribution in [2.45, 2.75) is 85.2 Å². The molecule has 0 saturated heterocycles. The molecule has 0 unspecified atom stereocenters. The van der Waals surface area contributed by atoms with Crippen LogP contribution in [0.15, 0.2) is 0 Å². The Morgan fingerprint density at radius 1 is 1.18 bits per heavy atom. The standard InChI is InChI=1S/C16H32O/c1-13(2)14-7-11-16(17,12-8-14)10-6-9-15(3,4)5/h13-14,17H,6-12H2,1-5H3. The topological polar surface area (TPSA) is 20.2 Å². The maximum atomic E-state index is 10.6. The lowest BCUT2D eigenvalue weighted by Gasteiger charge is -2.38. The summed E-state index contributed by atoms with van der Waals surface area (Å²) in [5.74, 6) is 1.63. The van der Waals surface area contributed by atoms with Crippen LogP contribution in [0.1, 0.15) is 79.6 Å². The van der Waals surface area contributed by atoms with Gasteiger partial charge in [-0.25, -0.2) is 0 Å². The average Bonchev–Trinajstić information content (AvgIpc) is 2.15. The molecular weight excluding hydrogens is 208 g/mol. The van der Waals surface area contributed by atoms with Crippen molar-refractivity contribution in [2.24, 2.45) is 17.3 Å². The number of aliphatic hydroxyl groups is 1. The summed E-state index contributed by atoms with van der Waals surface area (Å²) in [6.45, 7) is 11.5. The van der Waals surface area contributed by atoms with E-state index in [2.05, 4.69) is 34.6 Å². The predicted molar refractivity (Wildman–Crippen MR) is 75.1 cm³/mol. The van der Waals surface area contributed by atoms with E-state index in [4.69, 9.17) is 0 Å². The zero-order chi connectivity index (χ0) is 13.1. The molecule has 1 fully saturated rings. The Hall–Kier alpha value is -0.0400. The van der Waals surface area contributed by atoms with Crippen LogP contribution < -0.4 is 0 Å². The fraction of sp³-hybridized carbons (Fsp3) is 1.00. The van der Waals surface area contributed by atoms with Gasteiger partial charge in [0.2, 0.25) is 0 Å². The fourth-order valence-corrected chi connectivity index (χ4v) is 3.04. The van der Waals surface area contributed by atoms with Crippen molar-refractivity contribution in [1.29, 1.82) is 0 Å². The van der Waals surface area contributed by atoms with Crippen LogP contribution >= 0.6 is 0 Å². The molecule has 0 atom stereocenters. The van der Waals surface area contributed by atoms with Gasteiger partial charge in [-0.15, -0.1) is 0 Å². The van der Waals surface area contributed by atoms with Crippen molar-refractivity contribution >= 4 is 0 Å². The third-order valence-electron chi connectivity index (χ3n) is 4.47. The van der Waals surface area contributed by atoms with Gasteiger partial charge in [0.15, 0.2) is 0 Å². The van der Waals surface area contributed by atoms with Crippen molar-refractivity contribution in [3.8, 4) is 0 Å². The van der Waals surface area contributed by atoms with Crippen molar-refractivity contribution in [3.05, 3.63) is 0 Å². The quantitative estimate of drug-likeness (QED) is 0.749. The fourth-order valence-electron chi connectivity index (χ4n) is 3.04. The van der Waals surface area contributed by atoms with E-state index in [9.17, 15) is 5.11 Å². The second kappa shape index (κ2) is 5.73. The Labute approximate surface area is 108 Å². The van der Waals surface area contributed by atoms with Gasteiger partial charge in [0.25, 0.3) is 0 Å². The van der Waals surface area contributed by atoms with Crippen LogP contribution in [0.25, 0.3) is 0 Å². The molecule has 1 heteroatoms. The Morgan fingerprint density at radius 3 is 2.12 bits per heavy atom. The molecule has 0 aromatic carbocycles. The molecule has 0 amide bonds. The first-order chi connectivity index (χ1) is 7.72. The highest BCUT2D eigenvalue weighted by Crippen LogP contribution is 2.39. The smallest absolute Gasteiger partial charge is 0.0648 e. The Balaban J connectivity index is 2.30. The minimum absolute atomic E-state index is 0.337. The summed E-state index contributed by atoms with van der Waals surface area (Å²) in [7, 11) is 0. The molecule has 0 bridgehead atoms.